The Morgan fingerprint density at radius 1 is 1.40 bits per heavy atom. The van der Waals surface area contributed by atoms with Crippen LogP contribution in [0.2, 0.25) is 5.28 Å². The van der Waals surface area contributed by atoms with Crippen LogP contribution in [0, 0.1) is 6.92 Å². The van der Waals surface area contributed by atoms with E-state index in [1.165, 1.54) is 11.3 Å². The number of phenols is 1. The van der Waals surface area contributed by atoms with Gasteiger partial charge >= 0.3 is 5.97 Å². The number of nitrogens with zero attached hydrogens (tertiary/aromatic N) is 2. The summed E-state index contributed by atoms with van der Waals surface area (Å²) in [5.74, 6) is 0.234. The summed E-state index contributed by atoms with van der Waals surface area (Å²) in [5, 5.41) is 13.5. The van der Waals surface area contributed by atoms with Crippen LogP contribution in [-0.2, 0) is 4.74 Å². The number of halogens is 1. The lowest BCUT2D eigenvalue weighted by Crippen LogP contribution is -2.05. The fourth-order valence-electron chi connectivity index (χ4n) is 2.38. The highest BCUT2D eigenvalue weighted by molar-refractivity contribution is 7.20. The van der Waals surface area contributed by atoms with Crippen LogP contribution in [0.5, 0.6) is 5.75 Å². The Hall–Kier alpha value is -2.38. The molecule has 0 fully saturated rings. The first kappa shape index (κ1) is 17.4. The van der Waals surface area contributed by atoms with Crippen LogP contribution in [0.15, 0.2) is 24.3 Å². The predicted molar refractivity (Wildman–Crippen MR) is 99.1 cm³/mol. The van der Waals surface area contributed by atoms with Crippen molar-refractivity contribution >= 4 is 50.6 Å². The average molecular weight is 378 g/mol. The molecule has 0 unspecified atom stereocenters. The molecule has 8 heteroatoms. The number of aromatic nitrogens is 2. The van der Waals surface area contributed by atoms with Crippen LogP contribution < -0.4 is 5.32 Å². The summed E-state index contributed by atoms with van der Waals surface area (Å²) in [6.45, 7) is 4.13. The summed E-state index contributed by atoms with van der Waals surface area (Å²) in [7, 11) is 0. The lowest BCUT2D eigenvalue weighted by atomic mass is 10.2. The van der Waals surface area contributed by atoms with Crippen molar-refractivity contribution in [2.24, 2.45) is 0 Å². The Balaban J connectivity index is 2.06. The van der Waals surface area contributed by atoms with Crippen molar-refractivity contribution in [1.29, 1.82) is 0 Å². The van der Waals surface area contributed by atoms with E-state index in [1.54, 1.807) is 24.3 Å². The molecule has 3 rings (SSSR count). The van der Waals surface area contributed by atoms with Gasteiger partial charge in [0.1, 0.15) is 21.3 Å². The predicted octanol–water partition coefficient (Wildman–Crippen LogP) is 4.67. The minimum Gasteiger partial charge on any atom is -0.508 e. The van der Waals surface area contributed by atoms with Crippen LogP contribution in [-0.4, -0.2) is 27.7 Å². The quantitative estimate of drug-likeness (QED) is 0.496. The number of anilines is 2. The number of rotatable bonds is 5. The number of carbonyl (C=O) groups is 1. The molecule has 2 aromatic heterocycles. The molecule has 0 atom stereocenters. The third kappa shape index (κ3) is 3.67. The minimum absolute atomic E-state index is 0.0740. The van der Waals surface area contributed by atoms with E-state index in [0.717, 1.165) is 12.0 Å². The molecule has 0 aliphatic heterocycles. The first-order valence-electron chi connectivity index (χ1n) is 7.69. The zero-order chi connectivity index (χ0) is 18.0. The van der Waals surface area contributed by atoms with E-state index in [1.807, 2.05) is 13.8 Å². The Morgan fingerprint density at radius 2 is 2.20 bits per heavy atom. The summed E-state index contributed by atoms with van der Waals surface area (Å²) in [5.41, 5.74) is 1.39. The van der Waals surface area contributed by atoms with Crippen LogP contribution in [0.3, 0.4) is 0 Å². The summed E-state index contributed by atoms with van der Waals surface area (Å²) in [4.78, 5) is 21.8. The first-order valence-corrected chi connectivity index (χ1v) is 8.89. The molecule has 0 amide bonds. The highest BCUT2D eigenvalue weighted by atomic mass is 35.5. The fourth-order valence-corrected chi connectivity index (χ4v) is 3.67. The number of hydrogen-bond donors (Lipinski definition) is 2. The van der Waals surface area contributed by atoms with E-state index in [2.05, 4.69) is 15.3 Å². The fraction of sp³-hybridized carbons (Fsp3) is 0.235. The van der Waals surface area contributed by atoms with Crippen LogP contribution in [0.4, 0.5) is 11.5 Å². The second-order valence-electron chi connectivity index (χ2n) is 5.39. The number of aryl methyl sites for hydroxylation is 1. The number of hydrogen-bond acceptors (Lipinski definition) is 7. The van der Waals surface area contributed by atoms with Gasteiger partial charge in [0.05, 0.1) is 12.0 Å². The maximum absolute atomic E-state index is 12.2. The number of nitrogens with one attached hydrogen (secondary N) is 1. The third-order valence-corrected chi connectivity index (χ3v) is 4.83. The van der Waals surface area contributed by atoms with E-state index in [-0.39, 0.29) is 17.0 Å². The van der Waals surface area contributed by atoms with Gasteiger partial charge in [-0.3, -0.25) is 0 Å². The number of thiophene rings is 1. The molecular weight excluding hydrogens is 362 g/mol. The zero-order valence-corrected chi connectivity index (χ0v) is 15.2. The Morgan fingerprint density at radius 3 is 2.92 bits per heavy atom. The molecule has 2 heterocycles. The Kier molecular flexibility index (Phi) is 5.06. The molecule has 3 aromatic rings. The number of phenolic OH excluding ortho intramolecular Hbond substituents is 1. The monoisotopic (exact) mass is 377 g/mol. The van der Waals surface area contributed by atoms with E-state index in [9.17, 15) is 9.90 Å². The molecule has 0 saturated carbocycles. The number of benzene rings is 1. The van der Waals surface area contributed by atoms with Gasteiger partial charge in [-0.15, -0.1) is 11.3 Å². The lowest BCUT2D eigenvalue weighted by Gasteiger charge is -2.08. The maximum Gasteiger partial charge on any atom is 0.348 e. The topological polar surface area (TPSA) is 84.3 Å². The van der Waals surface area contributed by atoms with Crippen molar-refractivity contribution in [1.82, 2.24) is 9.97 Å². The van der Waals surface area contributed by atoms with Crippen LogP contribution in [0.1, 0.15) is 28.6 Å². The molecule has 2 N–H and O–H groups in total. The number of esters is 1. The Bertz CT molecular complexity index is 942. The highest BCUT2D eigenvalue weighted by Crippen LogP contribution is 2.36. The molecule has 0 saturated heterocycles. The normalized spacial score (nSPS) is 10.8. The summed E-state index contributed by atoms with van der Waals surface area (Å²) < 4.78 is 5.23. The van der Waals surface area contributed by atoms with Gasteiger partial charge in [0.25, 0.3) is 0 Å². The summed E-state index contributed by atoms with van der Waals surface area (Å²) in [6, 6.07) is 6.65. The smallest absolute Gasteiger partial charge is 0.348 e. The standard InChI is InChI=1S/C17H16ClN3O3S/c1-3-7-24-16(23)13-9(2)12-14(20-17(18)21-15(12)25-13)19-10-5-4-6-11(22)8-10/h4-6,8,22H,3,7H2,1-2H3,(H,19,20,21). The average Bonchev–Trinajstić information content (AvgIpc) is 2.89. The lowest BCUT2D eigenvalue weighted by molar-refractivity contribution is 0.0510. The number of fused-ring (bicyclic) bond motifs is 1. The van der Waals surface area contributed by atoms with Gasteiger partial charge in [0, 0.05) is 11.8 Å². The van der Waals surface area contributed by atoms with Gasteiger partial charge in [0.15, 0.2) is 0 Å². The first-order chi connectivity index (χ1) is 12.0. The molecule has 6 nitrogen and oxygen atoms in total. The van der Waals surface area contributed by atoms with Gasteiger partial charge in [-0.2, -0.15) is 4.98 Å². The van der Waals surface area contributed by atoms with E-state index >= 15 is 0 Å². The SMILES string of the molecule is CCCOC(=O)c1sc2nc(Cl)nc(Nc3cccc(O)c3)c2c1C. The molecular formula is C17H16ClN3O3S. The van der Waals surface area contributed by atoms with Crippen molar-refractivity contribution in [2.45, 2.75) is 20.3 Å². The van der Waals surface area contributed by atoms with Crippen molar-refractivity contribution in [3.8, 4) is 5.75 Å². The van der Waals surface area contributed by atoms with Gasteiger partial charge in [-0.1, -0.05) is 13.0 Å². The third-order valence-electron chi connectivity index (χ3n) is 3.49. The Labute approximate surface area is 153 Å². The summed E-state index contributed by atoms with van der Waals surface area (Å²) >= 11 is 7.25. The molecule has 130 valence electrons. The van der Waals surface area contributed by atoms with Crippen LogP contribution in [0.25, 0.3) is 10.2 Å². The van der Waals surface area contributed by atoms with E-state index in [4.69, 9.17) is 16.3 Å². The maximum atomic E-state index is 12.2. The second-order valence-corrected chi connectivity index (χ2v) is 6.73. The van der Waals surface area contributed by atoms with Gasteiger partial charge < -0.3 is 15.2 Å². The molecule has 0 radical (unpaired) electrons. The van der Waals surface area contributed by atoms with Crippen molar-refractivity contribution in [2.75, 3.05) is 11.9 Å². The van der Waals surface area contributed by atoms with Crippen molar-refractivity contribution in [3.63, 3.8) is 0 Å². The molecule has 0 spiro atoms. The van der Waals surface area contributed by atoms with Crippen molar-refractivity contribution in [3.05, 3.63) is 40.0 Å². The van der Waals surface area contributed by atoms with Crippen LogP contribution >= 0.6 is 22.9 Å². The molecule has 0 aliphatic carbocycles. The minimum atomic E-state index is -0.373. The van der Waals surface area contributed by atoms with E-state index in [0.29, 0.717) is 33.2 Å². The molecule has 0 bridgehead atoms. The van der Waals surface area contributed by atoms with Gasteiger partial charge in [0.2, 0.25) is 5.28 Å². The molecule has 1 aromatic carbocycles. The second kappa shape index (κ2) is 7.25. The summed E-state index contributed by atoms with van der Waals surface area (Å²) in [6.07, 6.45) is 0.756. The van der Waals surface area contributed by atoms with Crippen molar-refractivity contribution < 1.29 is 14.6 Å². The molecule has 25 heavy (non-hydrogen) atoms. The number of ether oxygens (including phenoxy) is 1. The zero-order valence-electron chi connectivity index (χ0n) is 13.7. The molecule has 0 aliphatic rings. The number of aromatic hydroxyl groups is 1. The highest BCUT2D eigenvalue weighted by Gasteiger charge is 2.21. The van der Waals surface area contributed by atoms with Gasteiger partial charge in [-0.25, -0.2) is 9.78 Å². The van der Waals surface area contributed by atoms with Gasteiger partial charge in [-0.05, 0) is 42.6 Å². The largest absolute Gasteiger partial charge is 0.508 e. The van der Waals surface area contributed by atoms with E-state index < -0.39 is 0 Å². The number of carbonyl (C=O) groups excluding carboxylic acids is 1.